The van der Waals surface area contributed by atoms with Crippen molar-refractivity contribution in [3.63, 3.8) is 0 Å². The summed E-state index contributed by atoms with van der Waals surface area (Å²) in [4.78, 5) is 2.74. The third-order valence-electron chi connectivity index (χ3n) is 4.31. The molecule has 17 heavy (non-hydrogen) atoms. The molecule has 2 atom stereocenters. The molecule has 0 N–H and O–H groups in total. The predicted octanol–water partition coefficient (Wildman–Crippen LogP) is 2.20. The number of hydrogen-bond donors (Lipinski definition) is 0. The highest BCUT2D eigenvalue weighted by molar-refractivity contribution is 5.00. The molecule has 98 valence electrons. The smallest absolute Gasteiger partial charge is 0.0645 e. The van der Waals surface area contributed by atoms with Crippen molar-refractivity contribution in [3.8, 4) is 0 Å². The molecule has 3 aliphatic rings. The van der Waals surface area contributed by atoms with Crippen LogP contribution in [0, 0.1) is 0 Å². The van der Waals surface area contributed by atoms with E-state index in [1.54, 1.807) is 0 Å². The second-order valence-electron chi connectivity index (χ2n) is 6.85. The molecule has 3 fully saturated rings. The fourth-order valence-corrected chi connectivity index (χ4v) is 3.75. The highest BCUT2D eigenvalue weighted by Gasteiger charge is 2.46. The fourth-order valence-electron chi connectivity index (χ4n) is 3.75. The van der Waals surface area contributed by atoms with Gasteiger partial charge >= 0.3 is 0 Å². The zero-order chi connectivity index (χ0) is 12.0. The van der Waals surface area contributed by atoms with Gasteiger partial charge in [0, 0.05) is 12.1 Å². The zero-order valence-electron chi connectivity index (χ0n) is 11.3. The topological polar surface area (TPSA) is 21.7 Å². The number of fused-ring (bicyclic) bond motifs is 2. The van der Waals surface area contributed by atoms with Crippen LogP contribution in [0.2, 0.25) is 0 Å². The first-order chi connectivity index (χ1) is 8.03. The van der Waals surface area contributed by atoms with Gasteiger partial charge in [0.1, 0.15) is 0 Å². The quantitative estimate of drug-likeness (QED) is 0.737. The van der Waals surface area contributed by atoms with E-state index in [1.807, 2.05) is 0 Å². The van der Waals surface area contributed by atoms with Gasteiger partial charge in [-0.2, -0.15) is 0 Å². The molecule has 3 aliphatic heterocycles. The van der Waals surface area contributed by atoms with Gasteiger partial charge in [-0.1, -0.05) is 0 Å². The van der Waals surface area contributed by atoms with Gasteiger partial charge in [0.05, 0.1) is 31.0 Å². The molecule has 3 saturated heterocycles. The lowest BCUT2D eigenvalue weighted by Crippen LogP contribution is -2.58. The summed E-state index contributed by atoms with van der Waals surface area (Å²) >= 11 is 0. The van der Waals surface area contributed by atoms with Gasteiger partial charge in [-0.05, 0) is 46.5 Å². The van der Waals surface area contributed by atoms with Gasteiger partial charge in [-0.3, -0.25) is 4.90 Å². The Morgan fingerprint density at radius 1 is 1.00 bits per heavy atom. The molecule has 3 rings (SSSR count). The molecule has 3 nitrogen and oxygen atoms in total. The highest BCUT2D eigenvalue weighted by Crippen LogP contribution is 2.40. The summed E-state index contributed by atoms with van der Waals surface area (Å²) in [5.74, 6) is 0. The van der Waals surface area contributed by atoms with E-state index in [2.05, 4.69) is 25.7 Å². The van der Waals surface area contributed by atoms with Crippen LogP contribution in [-0.2, 0) is 9.47 Å². The summed E-state index contributed by atoms with van der Waals surface area (Å²) in [5, 5.41) is 0. The van der Waals surface area contributed by atoms with Gasteiger partial charge < -0.3 is 9.47 Å². The van der Waals surface area contributed by atoms with Crippen molar-refractivity contribution in [2.24, 2.45) is 0 Å². The van der Waals surface area contributed by atoms with Crippen LogP contribution in [0.25, 0.3) is 0 Å². The number of ether oxygens (including phenoxy) is 2. The molecule has 3 heteroatoms. The lowest BCUT2D eigenvalue weighted by molar-refractivity contribution is -0.134. The van der Waals surface area contributed by atoms with Crippen molar-refractivity contribution in [1.82, 2.24) is 4.90 Å². The largest absolute Gasteiger partial charge is 0.378 e. The van der Waals surface area contributed by atoms with E-state index in [0.29, 0.717) is 12.1 Å². The second kappa shape index (κ2) is 4.22. The van der Waals surface area contributed by atoms with Crippen LogP contribution in [0.4, 0.5) is 0 Å². The number of piperidine rings is 1. The minimum atomic E-state index is 0.00581. The van der Waals surface area contributed by atoms with Gasteiger partial charge in [-0.25, -0.2) is 0 Å². The maximum absolute atomic E-state index is 6.18. The molecule has 0 spiro atoms. The molecule has 0 amide bonds. The molecule has 0 aromatic carbocycles. The first-order valence-electron chi connectivity index (χ1n) is 7.06. The van der Waals surface area contributed by atoms with Crippen molar-refractivity contribution < 1.29 is 9.47 Å². The average molecular weight is 239 g/mol. The molecule has 3 heterocycles. The summed E-state index contributed by atoms with van der Waals surface area (Å²) in [7, 11) is 0. The molecular formula is C14H25NO2. The maximum atomic E-state index is 6.18. The van der Waals surface area contributed by atoms with E-state index in [0.717, 1.165) is 25.3 Å². The number of nitrogens with zero attached hydrogens (tertiary/aromatic N) is 1. The zero-order valence-corrected chi connectivity index (χ0v) is 11.3. The summed E-state index contributed by atoms with van der Waals surface area (Å²) in [6.07, 6.45) is 5.66. The van der Waals surface area contributed by atoms with Gasteiger partial charge in [-0.15, -0.1) is 0 Å². The standard InChI is InChI=1S/C14H25NO2/c1-14(2,3)17-13-6-10-4-5-11(7-13)15(10)12-8-16-9-12/h10-13H,4-9H2,1-3H3. The lowest BCUT2D eigenvalue weighted by Gasteiger charge is -2.47. The van der Waals surface area contributed by atoms with Crippen molar-refractivity contribution in [3.05, 3.63) is 0 Å². The Bertz CT molecular complexity index is 268. The molecular weight excluding hydrogens is 214 g/mol. The van der Waals surface area contributed by atoms with Crippen LogP contribution in [-0.4, -0.2) is 47.9 Å². The van der Waals surface area contributed by atoms with E-state index >= 15 is 0 Å². The van der Waals surface area contributed by atoms with Crippen LogP contribution < -0.4 is 0 Å². The van der Waals surface area contributed by atoms with Gasteiger partial charge in [0.2, 0.25) is 0 Å². The van der Waals surface area contributed by atoms with Crippen molar-refractivity contribution in [2.45, 2.75) is 76.3 Å². The van der Waals surface area contributed by atoms with Crippen LogP contribution in [0.1, 0.15) is 46.5 Å². The van der Waals surface area contributed by atoms with Crippen LogP contribution >= 0.6 is 0 Å². The van der Waals surface area contributed by atoms with Gasteiger partial charge in [0.25, 0.3) is 0 Å². The highest BCUT2D eigenvalue weighted by atomic mass is 16.5. The molecule has 2 unspecified atom stereocenters. The van der Waals surface area contributed by atoms with Crippen molar-refractivity contribution in [1.29, 1.82) is 0 Å². The molecule has 0 aromatic rings. The van der Waals surface area contributed by atoms with E-state index in [1.165, 1.54) is 25.7 Å². The molecule has 0 aliphatic carbocycles. The van der Waals surface area contributed by atoms with E-state index in [4.69, 9.17) is 9.47 Å². The molecule has 2 bridgehead atoms. The third-order valence-corrected chi connectivity index (χ3v) is 4.31. The summed E-state index contributed by atoms with van der Waals surface area (Å²) in [6.45, 7) is 8.42. The third kappa shape index (κ3) is 2.38. The minimum absolute atomic E-state index is 0.00581. The Kier molecular flexibility index (Phi) is 2.96. The van der Waals surface area contributed by atoms with E-state index < -0.39 is 0 Å². The molecule has 0 saturated carbocycles. The predicted molar refractivity (Wildman–Crippen MR) is 67.1 cm³/mol. The Morgan fingerprint density at radius 3 is 2.00 bits per heavy atom. The number of rotatable bonds is 2. The average Bonchev–Trinajstić information content (AvgIpc) is 2.40. The molecule has 0 radical (unpaired) electrons. The first kappa shape index (κ1) is 11.9. The molecule has 0 aromatic heterocycles. The monoisotopic (exact) mass is 239 g/mol. The van der Waals surface area contributed by atoms with E-state index in [9.17, 15) is 0 Å². The van der Waals surface area contributed by atoms with Crippen molar-refractivity contribution >= 4 is 0 Å². The summed E-state index contributed by atoms with van der Waals surface area (Å²) in [5.41, 5.74) is 0.00581. The van der Waals surface area contributed by atoms with Crippen molar-refractivity contribution in [2.75, 3.05) is 13.2 Å². The Hall–Kier alpha value is -0.120. The van der Waals surface area contributed by atoms with Crippen LogP contribution in [0.3, 0.4) is 0 Å². The van der Waals surface area contributed by atoms with Crippen LogP contribution in [0.15, 0.2) is 0 Å². The normalized spacial score (nSPS) is 39.4. The Labute approximate surface area is 104 Å². The second-order valence-corrected chi connectivity index (χ2v) is 6.85. The number of hydrogen-bond acceptors (Lipinski definition) is 3. The fraction of sp³-hybridized carbons (Fsp3) is 1.00. The SMILES string of the molecule is CC(C)(C)OC1CC2CCC(C1)N2C1COC1. The van der Waals surface area contributed by atoms with Gasteiger partial charge in [0.15, 0.2) is 0 Å². The Balaban J connectivity index is 1.62. The summed E-state index contributed by atoms with van der Waals surface area (Å²) < 4.78 is 11.5. The van der Waals surface area contributed by atoms with E-state index in [-0.39, 0.29) is 5.60 Å². The lowest BCUT2D eigenvalue weighted by atomic mass is 9.96. The maximum Gasteiger partial charge on any atom is 0.0645 e. The minimum Gasteiger partial charge on any atom is -0.378 e. The van der Waals surface area contributed by atoms with Crippen LogP contribution in [0.5, 0.6) is 0 Å². The summed E-state index contributed by atoms with van der Waals surface area (Å²) in [6, 6.07) is 2.23. The Morgan fingerprint density at radius 2 is 1.59 bits per heavy atom. The first-order valence-corrected chi connectivity index (χ1v) is 7.06.